The van der Waals surface area contributed by atoms with Gasteiger partial charge in [0.15, 0.2) is 17.6 Å². The summed E-state index contributed by atoms with van der Waals surface area (Å²) in [5, 5.41) is 19.0. The summed E-state index contributed by atoms with van der Waals surface area (Å²) in [5.74, 6) is -3.85. The lowest BCUT2D eigenvalue weighted by molar-refractivity contribution is -0.128. The minimum Gasteiger partial charge on any atom is -0.501 e. The highest BCUT2D eigenvalue weighted by atomic mass is 16.5. The van der Waals surface area contributed by atoms with Crippen molar-refractivity contribution in [1.82, 2.24) is 0 Å². The number of carbonyl (C=O) groups excluding carboxylic acids is 3. The third-order valence-corrected chi connectivity index (χ3v) is 3.44. The maximum Gasteiger partial charge on any atom is 0.235 e. The molecule has 0 aliphatic heterocycles. The molecule has 132 valence electrons. The van der Waals surface area contributed by atoms with Gasteiger partial charge >= 0.3 is 0 Å². The van der Waals surface area contributed by atoms with E-state index in [4.69, 9.17) is 9.47 Å². The van der Waals surface area contributed by atoms with E-state index < -0.39 is 47.2 Å². The van der Waals surface area contributed by atoms with E-state index in [1.165, 1.54) is 13.2 Å². The summed E-state index contributed by atoms with van der Waals surface area (Å²) >= 11 is 0. The normalized spacial score (nSPS) is 15.6. The summed E-state index contributed by atoms with van der Waals surface area (Å²) in [6, 6.07) is 6.43. The highest BCUT2D eigenvalue weighted by Gasteiger charge is 2.37. The Morgan fingerprint density at radius 1 is 1.12 bits per heavy atom. The lowest BCUT2D eigenvalue weighted by Crippen LogP contribution is -2.37. The topological polar surface area (TPSA) is 119 Å². The predicted molar refractivity (Wildman–Crippen MR) is 84.3 cm³/mol. The highest BCUT2D eigenvalue weighted by Crippen LogP contribution is 2.28. The molecule has 1 aliphatic carbocycles. The minimum atomic E-state index is -1.45. The number of carbonyl (C=O) groups is 3. The minimum absolute atomic E-state index is 0.179. The number of Topliss-reactive ketones (excluding diaryl/α,β-unsaturated/α-hetero) is 2. The number of para-hydroxylation sites is 2. The van der Waals surface area contributed by atoms with Crippen molar-refractivity contribution in [3.63, 3.8) is 0 Å². The van der Waals surface area contributed by atoms with E-state index >= 15 is 0 Å². The number of hydrogen-bond donors (Lipinski definition) is 2. The van der Waals surface area contributed by atoms with Crippen LogP contribution >= 0.6 is 0 Å². The van der Waals surface area contributed by atoms with Crippen molar-refractivity contribution in [1.29, 1.82) is 0 Å². The standard InChI is InChI=1S/C17H16O8/c1-23-11-5-3-4-6-12(11)25-13(8-18)14(20)9-7-10(19)16(22)17(24-2)15(9)21/h3-7,13,18,22H,8H2,1-2H3. The molecule has 0 fully saturated rings. The van der Waals surface area contributed by atoms with E-state index in [1.807, 2.05) is 0 Å². The molecule has 0 radical (unpaired) electrons. The van der Waals surface area contributed by atoms with E-state index in [9.17, 15) is 24.6 Å². The van der Waals surface area contributed by atoms with E-state index in [0.29, 0.717) is 11.8 Å². The van der Waals surface area contributed by atoms with Gasteiger partial charge in [0.05, 0.1) is 26.4 Å². The molecule has 0 saturated heterocycles. The zero-order chi connectivity index (χ0) is 18.6. The lowest BCUT2D eigenvalue weighted by Gasteiger charge is -2.20. The Bertz CT molecular complexity index is 775. The molecule has 2 N–H and O–H groups in total. The van der Waals surface area contributed by atoms with Gasteiger partial charge in [0.25, 0.3) is 0 Å². The molecule has 8 nitrogen and oxygen atoms in total. The van der Waals surface area contributed by atoms with Crippen LogP contribution in [0.5, 0.6) is 11.5 Å². The molecule has 0 spiro atoms. The van der Waals surface area contributed by atoms with Crippen LogP contribution in [0.2, 0.25) is 0 Å². The predicted octanol–water partition coefficient (Wildman–Crippen LogP) is 0.498. The molecule has 0 aromatic heterocycles. The van der Waals surface area contributed by atoms with Gasteiger partial charge in [0.1, 0.15) is 0 Å². The number of allylic oxidation sites excluding steroid dienone is 2. The first-order valence-corrected chi connectivity index (χ1v) is 7.17. The monoisotopic (exact) mass is 348 g/mol. The Morgan fingerprint density at radius 2 is 1.76 bits per heavy atom. The van der Waals surface area contributed by atoms with E-state index in [-0.39, 0.29) is 5.75 Å². The molecule has 1 aromatic carbocycles. The van der Waals surface area contributed by atoms with Gasteiger partial charge < -0.3 is 24.4 Å². The van der Waals surface area contributed by atoms with Gasteiger partial charge in [-0.25, -0.2) is 0 Å². The van der Waals surface area contributed by atoms with Gasteiger partial charge in [-0.3, -0.25) is 14.4 Å². The maximum atomic E-state index is 12.5. The molecular weight excluding hydrogens is 332 g/mol. The summed E-state index contributed by atoms with van der Waals surface area (Å²) in [4.78, 5) is 36.4. The van der Waals surface area contributed by atoms with Crippen LogP contribution < -0.4 is 9.47 Å². The summed E-state index contributed by atoms with van der Waals surface area (Å²) in [6.07, 6.45) is -0.755. The molecule has 25 heavy (non-hydrogen) atoms. The number of aliphatic hydroxyl groups excluding tert-OH is 2. The largest absolute Gasteiger partial charge is 0.501 e. The first-order valence-electron chi connectivity index (χ1n) is 7.17. The molecule has 1 aliphatic rings. The average molecular weight is 348 g/mol. The van der Waals surface area contributed by atoms with E-state index in [0.717, 1.165) is 7.11 Å². The van der Waals surface area contributed by atoms with Gasteiger partial charge in [-0.05, 0) is 12.1 Å². The van der Waals surface area contributed by atoms with Crippen LogP contribution in [0, 0.1) is 0 Å². The molecule has 1 atom stereocenters. The number of rotatable bonds is 7. The fraction of sp³-hybridized carbons (Fsp3) is 0.235. The van der Waals surface area contributed by atoms with Crippen LogP contribution in [0.1, 0.15) is 0 Å². The maximum absolute atomic E-state index is 12.5. The molecule has 1 aromatic rings. The van der Waals surface area contributed by atoms with Crippen molar-refractivity contribution in [3.8, 4) is 11.5 Å². The third kappa shape index (κ3) is 3.53. The Morgan fingerprint density at radius 3 is 2.32 bits per heavy atom. The Hall–Kier alpha value is -3.13. The van der Waals surface area contributed by atoms with Crippen molar-refractivity contribution in [2.75, 3.05) is 20.8 Å². The number of hydrogen-bond acceptors (Lipinski definition) is 8. The highest BCUT2D eigenvalue weighted by molar-refractivity contribution is 6.33. The molecule has 1 unspecified atom stereocenters. The van der Waals surface area contributed by atoms with Crippen molar-refractivity contribution in [2.45, 2.75) is 6.10 Å². The molecule has 2 rings (SSSR count). The number of ketones is 3. The van der Waals surface area contributed by atoms with Crippen molar-refractivity contribution in [2.24, 2.45) is 0 Å². The summed E-state index contributed by atoms with van der Waals surface area (Å²) in [5.41, 5.74) is -0.548. The first kappa shape index (κ1) is 18.2. The second kappa shape index (κ2) is 7.63. The van der Waals surface area contributed by atoms with Gasteiger partial charge in [-0.15, -0.1) is 0 Å². The lowest BCUT2D eigenvalue weighted by atomic mass is 9.94. The van der Waals surface area contributed by atoms with Crippen LogP contribution in [0.25, 0.3) is 0 Å². The molecule has 0 heterocycles. The van der Waals surface area contributed by atoms with Gasteiger partial charge in [0.2, 0.25) is 28.9 Å². The average Bonchev–Trinajstić information content (AvgIpc) is 2.63. The van der Waals surface area contributed by atoms with Crippen LogP contribution in [0.3, 0.4) is 0 Å². The first-order chi connectivity index (χ1) is 11.9. The summed E-state index contributed by atoms with van der Waals surface area (Å²) in [6.45, 7) is -0.742. The Balaban J connectivity index is 2.30. The van der Waals surface area contributed by atoms with Crippen LogP contribution in [-0.2, 0) is 19.1 Å². The molecule has 0 saturated carbocycles. The van der Waals surface area contributed by atoms with Crippen LogP contribution in [0.4, 0.5) is 0 Å². The zero-order valence-corrected chi connectivity index (χ0v) is 13.5. The SMILES string of the molecule is COC1=C(O)C(=O)C=C(C(=O)C(CO)Oc2ccccc2OC)C1=O. The van der Waals surface area contributed by atoms with Crippen molar-refractivity contribution < 1.29 is 38.8 Å². The third-order valence-electron chi connectivity index (χ3n) is 3.44. The molecule has 0 bridgehead atoms. The fourth-order valence-corrected chi connectivity index (χ4v) is 2.20. The van der Waals surface area contributed by atoms with E-state index in [2.05, 4.69) is 4.74 Å². The Kier molecular flexibility index (Phi) is 5.56. The van der Waals surface area contributed by atoms with Crippen molar-refractivity contribution in [3.05, 3.63) is 47.4 Å². The summed E-state index contributed by atoms with van der Waals surface area (Å²) < 4.78 is 15.2. The fourth-order valence-electron chi connectivity index (χ4n) is 2.20. The number of aliphatic hydroxyl groups is 2. The van der Waals surface area contributed by atoms with Gasteiger partial charge in [-0.1, -0.05) is 12.1 Å². The molecule has 8 heteroatoms. The van der Waals surface area contributed by atoms with Crippen LogP contribution in [0.15, 0.2) is 47.4 Å². The Labute approximate surface area is 142 Å². The number of methoxy groups -OCH3 is 2. The molecular formula is C17H16O8. The quantitative estimate of drug-likeness (QED) is 0.540. The van der Waals surface area contributed by atoms with E-state index in [1.54, 1.807) is 18.2 Å². The van der Waals surface area contributed by atoms with Crippen LogP contribution in [-0.4, -0.2) is 54.5 Å². The number of benzene rings is 1. The second-order valence-corrected chi connectivity index (χ2v) is 4.94. The van der Waals surface area contributed by atoms with Crippen molar-refractivity contribution >= 4 is 17.3 Å². The zero-order valence-electron chi connectivity index (χ0n) is 13.5. The molecule has 0 amide bonds. The smallest absolute Gasteiger partial charge is 0.235 e. The summed E-state index contributed by atoms with van der Waals surface area (Å²) in [7, 11) is 2.49. The van der Waals surface area contributed by atoms with Gasteiger partial charge in [0, 0.05) is 6.08 Å². The van der Waals surface area contributed by atoms with Gasteiger partial charge in [-0.2, -0.15) is 0 Å². The number of ether oxygens (including phenoxy) is 3. The second-order valence-electron chi connectivity index (χ2n) is 4.94.